The van der Waals surface area contributed by atoms with Crippen LogP contribution >= 0.6 is 24.0 Å². The van der Waals surface area contributed by atoms with E-state index in [0.717, 1.165) is 43.3 Å². The van der Waals surface area contributed by atoms with E-state index in [2.05, 4.69) is 15.5 Å². The normalized spacial score (nSPS) is 24.5. The average molecular weight is 344 g/mol. The van der Waals surface area contributed by atoms with Gasteiger partial charge in [-0.25, -0.2) is 0 Å². The summed E-state index contributed by atoms with van der Waals surface area (Å²) in [6.07, 6.45) is 1.20. The number of carbonyl (C=O) groups is 1. The summed E-state index contributed by atoms with van der Waals surface area (Å²) in [5.74, 6) is 1.56. The summed E-state index contributed by atoms with van der Waals surface area (Å²) >= 11 is 6.08. The fraction of sp³-hybridized carbons (Fsp3) is 0.562. The highest BCUT2D eigenvalue weighted by Gasteiger charge is 2.33. The van der Waals surface area contributed by atoms with E-state index in [4.69, 9.17) is 11.6 Å². The van der Waals surface area contributed by atoms with Crippen LogP contribution < -0.4 is 10.6 Å². The summed E-state index contributed by atoms with van der Waals surface area (Å²) in [6.45, 7) is 6.68. The molecule has 2 saturated heterocycles. The summed E-state index contributed by atoms with van der Waals surface area (Å²) in [7, 11) is 0. The van der Waals surface area contributed by atoms with E-state index in [-0.39, 0.29) is 18.3 Å². The lowest BCUT2D eigenvalue weighted by Gasteiger charge is -2.33. The molecule has 2 atom stereocenters. The van der Waals surface area contributed by atoms with Gasteiger partial charge < -0.3 is 10.6 Å². The van der Waals surface area contributed by atoms with Gasteiger partial charge in [-0.2, -0.15) is 0 Å². The number of fused-ring (bicyclic) bond motifs is 1. The van der Waals surface area contributed by atoms with Crippen molar-refractivity contribution in [3.63, 3.8) is 0 Å². The van der Waals surface area contributed by atoms with Crippen molar-refractivity contribution >= 4 is 35.6 Å². The highest BCUT2D eigenvalue weighted by atomic mass is 35.5. The summed E-state index contributed by atoms with van der Waals surface area (Å²) in [6, 6.07) is 5.59. The molecular formula is C16H23Cl2N3O. The van der Waals surface area contributed by atoms with Crippen LogP contribution in [0.2, 0.25) is 5.02 Å². The number of amides is 1. The molecule has 2 heterocycles. The van der Waals surface area contributed by atoms with Crippen molar-refractivity contribution in [2.24, 2.45) is 11.8 Å². The highest BCUT2D eigenvalue weighted by molar-refractivity contribution is 6.31. The molecule has 0 spiro atoms. The van der Waals surface area contributed by atoms with E-state index in [1.807, 2.05) is 25.1 Å². The number of carbonyl (C=O) groups excluding carboxylic acids is 1. The number of piperidine rings is 1. The van der Waals surface area contributed by atoms with Gasteiger partial charge >= 0.3 is 0 Å². The number of hydrogen-bond acceptors (Lipinski definition) is 3. The summed E-state index contributed by atoms with van der Waals surface area (Å²) in [4.78, 5) is 14.5. The Labute approximate surface area is 143 Å². The molecule has 1 aromatic rings. The molecule has 2 N–H and O–H groups in total. The van der Waals surface area contributed by atoms with Gasteiger partial charge in [-0.1, -0.05) is 17.7 Å². The maximum atomic E-state index is 12.2. The largest absolute Gasteiger partial charge is 0.325 e. The van der Waals surface area contributed by atoms with Crippen LogP contribution in [0.1, 0.15) is 12.0 Å². The van der Waals surface area contributed by atoms with Crippen molar-refractivity contribution < 1.29 is 4.79 Å². The second-order valence-electron chi connectivity index (χ2n) is 6.16. The Morgan fingerprint density at radius 3 is 3.00 bits per heavy atom. The topological polar surface area (TPSA) is 44.4 Å². The lowest BCUT2D eigenvalue weighted by molar-refractivity contribution is -0.117. The molecule has 22 heavy (non-hydrogen) atoms. The summed E-state index contributed by atoms with van der Waals surface area (Å²) in [5.41, 5.74) is 1.73. The zero-order valence-corrected chi connectivity index (χ0v) is 14.3. The molecule has 2 aliphatic heterocycles. The number of likely N-dealkylation sites (tertiary alicyclic amines) is 1. The van der Waals surface area contributed by atoms with Crippen LogP contribution in [0, 0.1) is 18.8 Å². The first-order valence-electron chi connectivity index (χ1n) is 7.61. The predicted molar refractivity (Wildman–Crippen MR) is 93.0 cm³/mol. The maximum Gasteiger partial charge on any atom is 0.238 e. The van der Waals surface area contributed by atoms with E-state index < -0.39 is 0 Å². The molecule has 0 bridgehead atoms. The molecule has 0 aromatic heterocycles. The number of benzene rings is 1. The van der Waals surface area contributed by atoms with Crippen LogP contribution in [0.4, 0.5) is 5.69 Å². The van der Waals surface area contributed by atoms with E-state index in [1.165, 1.54) is 6.42 Å². The second-order valence-corrected chi connectivity index (χ2v) is 6.57. The number of rotatable bonds is 3. The Balaban J connectivity index is 0.00000176. The van der Waals surface area contributed by atoms with E-state index in [0.29, 0.717) is 17.5 Å². The molecule has 2 unspecified atom stereocenters. The first-order chi connectivity index (χ1) is 10.1. The number of anilines is 1. The van der Waals surface area contributed by atoms with Crippen molar-refractivity contribution in [3.8, 4) is 0 Å². The Hall–Kier alpha value is -0.810. The number of halogens is 2. The fourth-order valence-electron chi connectivity index (χ4n) is 3.39. The Morgan fingerprint density at radius 2 is 2.18 bits per heavy atom. The monoisotopic (exact) mass is 343 g/mol. The van der Waals surface area contributed by atoms with E-state index >= 15 is 0 Å². The lowest BCUT2D eigenvalue weighted by atomic mass is 9.89. The molecule has 0 saturated carbocycles. The molecule has 4 nitrogen and oxygen atoms in total. The number of nitrogens with zero attached hydrogens (tertiary/aromatic N) is 1. The third-order valence-electron chi connectivity index (χ3n) is 4.70. The summed E-state index contributed by atoms with van der Waals surface area (Å²) < 4.78 is 0. The van der Waals surface area contributed by atoms with Crippen LogP contribution in [0.25, 0.3) is 0 Å². The number of nitrogens with one attached hydrogen (secondary N) is 2. The molecule has 0 aliphatic carbocycles. The highest BCUT2D eigenvalue weighted by Crippen LogP contribution is 2.26. The molecule has 1 aromatic carbocycles. The molecule has 6 heteroatoms. The Kier molecular flexibility index (Phi) is 6.09. The van der Waals surface area contributed by atoms with Crippen LogP contribution in [-0.2, 0) is 4.79 Å². The van der Waals surface area contributed by atoms with Crippen molar-refractivity contribution in [3.05, 3.63) is 28.8 Å². The third kappa shape index (κ3) is 3.93. The van der Waals surface area contributed by atoms with Crippen LogP contribution in [-0.4, -0.2) is 43.5 Å². The van der Waals surface area contributed by atoms with Gasteiger partial charge in [0.25, 0.3) is 0 Å². The van der Waals surface area contributed by atoms with E-state index in [1.54, 1.807) is 0 Å². The SMILES string of the molecule is Cc1c(Cl)cccc1NC(=O)CN1CCC2CNCC2C1.Cl. The Morgan fingerprint density at radius 1 is 1.41 bits per heavy atom. The van der Waals surface area contributed by atoms with Gasteiger partial charge in [-0.15, -0.1) is 12.4 Å². The first kappa shape index (κ1) is 17.5. The van der Waals surface area contributed by atoms with Gasteiger partial charge in [0.15, 0.2) is 0 Å². The Bertz CT molecular complexity index is 538. The van der Waals surface area contributed by atoms with Gasteiger partial charge in [0.2, 0.25) is 5.91 Å². The van der Waals surface area contributed by atoms with Gasteiger partial charge in [0.1, 0.15) is 0 Å². The smallest absolute Gasteiger partial charge is 0.238 e. The predicted octanol–water partition coefficient (Wildman–Crippen LogP) is 2.55. The van der Waals surface area contributed by atoms with Gasteiger partial charge in [-0.05, 0) is 62.5 Å². The van der Waals surface area contributed by atoms with Crippen LogP contribution in [0.5, 0.6) is 0 Å². The molecular weight excluding hydrogens is 321 g/mol. The minimum absolute atomic E-state index is 0. The van der Waals surface area contributed by atoms with Gasteiger partial charge in [-0.3, -0.25) is 9.69 Å². The molecule has 3 rings (SSSR count). The molecule has 1 amide bonds. The average Bonchev–Trinajstić information content (AvgIpc) is 2.91. The molecule has 2 aliphatic rings. The van der Waals surface area contributed by atoms with Crippen molar-refractivity contribution in [2.45, 2.75) is 13.3 Å². The molecule has 0 radical (unpaired) electrons. The summed E-state index contributed by atoms with van der Waals surface area (Å²) in [5, 5.41) is 7.11. The second kappa shape index (κ2) is 7.64. The zero-order chi connectivity index (χ0) is 14.8. The quantitative estimate of drug-likeness (QED) is 0.886. The molecule has 2 fully saturated rings. The lowest BCUT2D eigenvalue weighted by Crippen LogP contribution is -2.43. The third-order valence-corrected chi connectivity index (χ3v) is 5.11. The van der Waals surface area contributed by atoms with Crippen molar-refractivity contribution in [1.82, 2.24) is 10.2 Å². The maximum absolute atomic E-state index is 12.2. The number of hydrogen-bond donors (Lipinski definition) is 2. The van der Waals surface area contributed by atoms with Crippen molar-refractivity contribution in [1.29, 1.82) is 0 Å². The van der Waals surface area contributed by atoms with Crippen LogP contribution in [0.3, 0.4) is 0 Å². The van der Waals surface area contributed by atoms with E-state index in [9.17, 15) is 4.79 Å². The van der Waals surface area contributed by atoms with Crippen LogP contribution in [0.15, 0.2) is 18.2 Å². The minimum Gasteiger partial charge on any atom is -0.325 e. The van der Waals surface area contributed by atoms with Gasteiger partial charge in [0.05, 0.1) is 6.54 Å². The minimum atomic E-state index is 0. The first-order valence-corrected chi connectivity index (χ1v) is 7.99. The van der Waals surface area contributed by atoms with Gasteiger partial charge in [0, 0.05) is 17.3 Å². The standard InChI is InChI=1S/C16H22ClN3O.ClH/c1-11-14(17)3-2-4-15(11)19-16(21)10-20-6-5-12-7-18-8-13(12)9-20;/h2-4,12-13,18H,5-10H2,1H3,(H,19,21);1H. The fourth-order valence-corrected chi connectivity index (χ4v) is 3.56. The van der Waals surface area contributed by atoms with Crippen molar-refractivity contribution in [2.75, 3.05) is 38.0 Å². The molecule has 122 valence electrons. The zero-order valence-electron chi connectivity index (χ0n) is 12.8.